The van der Waals surface area contributed by atoms with Crippen molar-refractivity contribution in [2.45, 2.75) is 0 Å². The predicted octanol–water partition coefficient (Wildman–Crippen LogP) is 1.13. The molecule has 6 heteroatoms. The molecule has 0 radical (unpaired) electrons. The Balaban J connectivity index is 2.62. The molecule has 12 heavy (non-hydrogen) atoms. The van der Waals surface area contributed by atoms with Crippen molar-refractivity contribution in [1.82, 2.24) is 19.7 Å². The van der Waals surface area contributed by atoms with Gasteiger partial charge in [-0.05, 0) is 12.2 Å². The maximum atomic E-state index is 4.93. The zero-order valence-electron chi connectivity index (χ0n) is 6.31. The van der Waals surface area contributed by atoms with Crippen LogP contribution in [0.5, 0.6) is 0 Å². The van der Waals surface area contributed by atoms with E-state index < -0.39 is 0 Å². The van der Waals surface area contributed by atoms with Crippen LogP contribution in [0.25, 0.3) is 11.5 Å². The van der Waals surface area contributed by atoms with E-state index in [4.69, 9.17) is 16.6 Å². The Morgan fingerprint density at radius 1 is 1.67 bits per heavy atom. The number of H-pyrrole nitrogens is 1. The topological polar surface area (TPSA) is 59.6 Å². The number of aromatic amines is 1. The minimum atomic E-state index is 0.563. The van der Waals surface area contributed by atoms with Crippen molar-refractivity contribution < 1.29 is 4.42 Å². The van der Waals surface area contributed by atoms with Crippen LogP contribution in [-0.2, 0) is 7.05 Å². The second-order valence-corrected chi connectivity index (χ2v) is 2.67. The van der Waals surface area contributed by atoms with Gasteiger partial charge in [0.05, 0.1) is 0 Å². The minimum Gasteiger partial charge on any atom is -0.451 e. The largest absolute Gasteiger partial charge is 0.451 e. The molecule has 0 atom stereocenters. The van der Waals surface area contributed by atoms with Crippen molar-refractivity contribution in [3.8, 4) is 11.5 Å². The monoisotopic (exact) mass is 182 g/mol. The van der Waals surface area contributed by atoms with E-state index in [-0.39, 0.29) is 0 Å². The van der Waals surface area contributed by atoms with Crippen molar-refractivity contribution in [2.24, 2.45) is 7.05 Å². The standard InChI is InChI=1S/C6H6N4OS/c1-10-5(8-9-6(10)12)4-2-11-3-7-4/h2-3H,1H3,(H,9,12). The first-order valence-corrected chi connectivity index (χ1v) is 3.70. The molecule has 0 saturated heterocycles. The first kappa shape index (κ1) is 7.23. The molecule has 62 valence electrons. The molecule has 0 unspecified atom stereocenters. The van der Waals surface area contributed by atoms with Crippen molar-refractivity contribution in [3.05, 3.63) is 17.4 Å². The van der Waals surface area contributed by atoms with Crippen molar-refractivity contribution in [1.29, 1.82) is 0 Å². The van der Waals surface area contributed by atoms with Gasteiger partial charge in [0.2, 0.25) is 0 Å². The molecule has 0 aromatic carbocycles. The Morgan fingerprint density at radius 2 is 2.50 bits per heavy atom. The normalized spacial score (nSPS) is 10.4. The van der Waals surface area contributed by atoms with Gasteiger partial charge in [-0.3, -0.25) is 5.10 Å². The van der Waals surface area contributed by atoms with Gasteiger partial charge in [-0.15, -0.1) is 0 Å². The first-order chi connectivity index (χ1) is 5.79. The molecule has 0 amide bonds. The van der Waals surface area contributed by atoms with Gasteiger partial charge < -0.3 is 8.98 Å². The molecule has 2 heterocycles. The van der Waals surface area contributed by atoms with E-state index in [1.54, 1.807) is 4.57 Å². The minimum absolute atomic E-state index is 0.563. The Labute approximate surface area is 73.1 Å². The molecule has 2 aromatic rings. The SMILES string of the molecule is Cn1c(-c2cocn2)n[nH]c1=S. The third kappa shape index (κ3) is 0.964. The van der Waals surface area contributed by atoms with E-state index in [9.17, 15) is 0 Å². The molecule has 0 saturated carbocycles. The highest BCUT2D eigenvalue weighted by atomic mass is 32.1. The number of aromatic nitrogens is 4. The van der Waals surface area contributed by atoms with Gasteiger partial charge in [0.1, 0.15) is 12.0 Å². The van der Waals surface area contributed by atoms with Crippen LogP contribution >= 0.6 is 12.2 Å². The molecule has 2 rings (SSSR count). The molecule has 0 aliphatic rings. The van der Waals surface area contributed by atoms with Gasteiger partial charge in [0.25, 0.3) is 0 Å². The van der Waals surface area contributed by atoms with Crippen LogP contribution in [0.3, 0.4) is 0 Å². The van der Waals surface area contributed by atoms with Crippen LogP contribution in [0, 0.1) is 4.77 Å². The van der Waals surface area contributed by atoms with Gasteiger partial charge in [-0.25, -0.2) is 4.98 Å². The summed E-state index contributed by atoms with van der Waals surface area (Å²) in [5, 5.41) is 6.64. The molecule has 0 bridgehead atoms. The molecule has 1 N–H and O–H groups in total. The zero-order chi connectivity index (χ0) is 8.55. The Morgan fingerprint density at radius 3 is 3.00 bits per heavy atom. The van der Waals surface area contributed by atoms with Crippen molar-refractivity contribution >= 4 is 12.2 Å². The second kappa shape index (κ2) is 2.56. The summed E-state index contributed by atoms with van der Waals surface area (Å²) in [7, 11) is 1.82. The third-order valence-electron chi connectivity index (χ3n) is 1.54. The Bertz CT molecular complexity index is 427. The average molecular weight is 182 g/mol. The van der Waals surface area contributed by atoms with Gasteiger partial charge in [-0.2, -0.15) is 5.10 Å². The fraction of sp³-hybridized carbons (Fsp3) is 0.167. The molecule has 0 aliphatic heterocycles. The van der Waals surface area contributed by atoms with Crippen LogP contribution < -0.4 is 0 Å². The summed E-state index contributed by atoms with van der Waals surface area (Å²) in [5.41, 5.74) is 0.671. The lowest BCUT2D eigenvalue weighted by atomic mass is 10.4. The van der Waals surface area contributed by atoms with Gasteiger partial charge in [-0.1, -0.05) is 0 Å². The van der Waals surface area contributed by atoms with Crippen LogP contribution in [0.4, 0.5) is 0 Å². The van der Waals surface area contributed by atoms with Crippen LogP contribution in [0.15, 0.2) is 17.1 Å². The molecular weight excluding hydrogens is 176 g/mol. The fourth-order valence-electron chi connectivity index (χ4n) is 0.899. The van der Waals surface area contributed by atoms with Crippen LogP contribution in [-0.4, -0.2) is 19.7 Å². The van der Waals surface area contributed by atoms with Gasteiger partial charge in [0.15, 0.2) is 17.0 Å². The predicted molar refractivity (Wildman–Crippen MR) is 43.9 cm³/mol. The van der Waals surface area contributed by atoms with Gasteiger partial charge >= 0.3 is 0 Å². The van der Waals surface area contributed by atoms with E-state index >= 15 is 0 Å². The number of hydrogen-bond acceptors (Lipinski definition) is 4. The maximum absolute atomic E-state index is 4.93. The highest BCUT2D eigenvalue weighted by Gasteiger charge is 2.06. The quantitative estimate of drug-likeness (QED) is 0.672. The number of nitrogens with zero attached hydrogens (tertiary/aromatic N) is 3. The second-order valence-electron chi connectivity index (χ2n) is 2.29. The van der Waals surface area contributed by atoms with E-state index in [1.807, 2.05) is 7.05 Å². The Kier molecular flexibility index (Phi) is 1.54. The highest BCUT2D eigenvalue weighted by molar-refractivity contribution is 7.71. The number of oxazole rings is 1. The van der Waals surface area contributed by atoms with Crippen molar-refractivity contribution in [2.75, 3.05) is 0 Å². The lowest BCUT2D eigenvalue weighted by Gasteiger charge is -1.92. The Hall–Kier alpha value is -1.43. The molecule has 0 aliphatic carbocycles. The summed E-state index contributed by atoms with van der Waals surface area (Å²) >= 11 is 4.93. The van der Waals surface area contributed by atoms with Crippen molar-refractivity contribution in [3.63, 3.8) is 0 Å². The molecular formula is C6H6N4OS. The smallest absolute Gasteiger partial charge is 0.195 e. The average Bonchev–Trinajstić information content (AvgIpc) is 2.64. The molecule has 0 spiro atoms. The molecule has 2 aromatic heterocycles. The summed E-state index contributed by atoms with van der Waals surface area (Å²) < 4.78 is 7.11. The summed E-state index contributed by atoms with van der Waals surface area (Å²) in [6.07, 6.45) is 2.87. The van der Waals surface area contributed by atoms with Crippen LogP contribution in [0.1, 0.15) is 0 Å². The number of rotatable bonds is 1. The third-order valence-corrected chi connectivity index (χ3v) is 1.91. The van der Waals surface area contributed by atoms with Gasteiger partial charge in [0, 0.05) is 7.05 Å². The number of hydrogen-bond donors (Lipinski definition) is 1. The summed E-state index contributed by atoms with van der Waals surface area (Å²) in [4.78, 5) is 3.94. The zero-order valence-corrected chi connectivity index (χ0v) is 7.13. The van der Waals surface area contributed by atoms with E-state index in [0.717, 1.165) is 0 Å². The fourth-order valence-corrected chi connectivity index (χ4v) is 1.03. The summed E-state index contributed by atoms with van der Waals surface area (Å²) in [6.45, 7) is 0. The van der Waals surface area contributed by atoms with Crippen LogP contribution in [0.2, 0.25) is 0 Å². The first-order valence-electron chi connectivity index (χ1n) is 3.29. The highest BCUT2D eigenvalue weighted by Crippen LogP contribution is 2.12. The summed E-state index contributed by atoms with van der Waals surface area (Å²) in [6, 6.07) is 0. The lowest BCUT2D eigenvalue weighted by molar-refractivity contribution is 0.558. The maximum Gasteiger partial charge on any atom is 0.195 e. The molecule has 0 fully saturated rings. The van der Waals surface area contributed by atoms with E-state index in [2.05, 4.69) is 15.2 Å². The van der Waals surface area contributed by atoms with E-state index in [0.29, 0.717) is 16.3 Å². The summed E-state index contributed by atoms with van der Waals surface area (Å²) in [5.74, 6) is 0.675. The molecule has 5 nitrogen and oxygen atoms in total. The lowest BCUT2D eigenvalue weighted by Crippen LogP contribution is -1.91. The van der Waals surface area contributed by atoms with E-state index in [1.165, 1.54) is 12.7 Å². The number of nitrogens with one attached hydrogen (secondary N) is 1.